The molecule has 2 fully saturated rings. The van der Waals surface area contributed by atoms with Crippen LogP contribution in [0.15, 0.2) is 11.5 Å². The van der Waals surface area contributed by atoms with E-state index in [9.17, 15) is 9.90 Å². The van der Waals surface area contributed by atoms with Gasteiger partial charge in [0.25, 0.3) is 11.7 Å². The van der Waals surface area contributed by atoms with Crippen LogP contribution in [0.3, 0.4) is 0 Å². The van der Waals surface area contributed by atoms with Gasteiger partial charge in [0.2, 0.25) is 0 Å². The first-order valence-electron chi connectivity index (χ1n) is 8.03. The van der Waals surface area contributed by atoms with E-state index < -0.39 is 17.3 Å². The highest BCUT2D eigenvalue weighted by atomic mass is 16.8. The second kappa shape index (κ2) is 4.90. The van der Waals surface area contributed by atoms with Gasteiger partial charge in [-0.15, -0.1) is 0 Å². The minimum absolute atomic E-state index is 0.255. The van der Waals surface area contributed by atoms with E-state index >= 15 is 0 Å². The highest BCUT2D eigenvalue weighted by Gasteiger charge is 2.70. The number of rotatable bonds is 4. The largest absolute Gasteiger partial charge is 0.480 e. The first-order chi connectivity index (χ1) is 9.92. The monoisotopic (exact) mass is 295 g/mol. The first-order valence-corrected chi connectivity index (χ1v) is 8.03. The van der Waals surface area contributed by atoms with Gasteiger partial charge in [0, 0.05) is 13.8 Å². The van der Waals surface area contributed by atoms with E-state index in [0.29, 0.717) is 17.4 Å². The summed E-state index contributed by atoms with van der Waals surface area (Å²) in [7, 11) is 0. The standard InChI is InChI=1S/C16H25NO4/c1-4-9-17-16(10-7-5-6-8-11(10)16)12-13(18)20-15(2,3)21-14(12)19/h10-11,17-18H,4-9H2,1-3H3/t10-,11+,16?. The summed E-state index contributed by atoms with van der Waals surface area (Å²) in [6.07, 6.45) is 5.54. The molecule has 1 aliphatic heterocycles. The molecule has 0 bridgehead atoms. The molecule has 2 aliphatic carbocycles. The van der Waals surface area contributed by atoms with Crippen molar-refractivity contribution < 1.29 is 19.4 Å². The predicted octanol–water partition coefficient (Wildman–Crippen LogP) is 2.62. The summed E-state index contributed by atoms with van der Waals surface area (Å²) in [4.78, 5) is 12.5. The van der Waals surface area contributed by atoms with Crippen molar-refractivity contribution in [3.8, 4) is 0 Å². The van der Waals surface area contributed by atoms with Crippen LogP contribution >= 0.6 is 0 Å². The zero-order valence-electron chi connectivity index (χ0n) is 13.1. The summed E-state index contributed by atoms with van der Waals surface area (Å²) in [5, 5.41) is 13.8. The number of ether oxygens (including phenoxy) is 2. The van der Waals surface area contributed by atoms with E-state index in [1.807, 2.05) is 0 Å². The van der Waals surface area contributed by atoms with E-state index in [-0.39, 0.29) is 5.95 Å². The molecule has 3 rings (SSSR count). The van der Waals surface area contributed by atoms with Crippen molar-refractivity contribution in [2.24, 2.45) is 11.8 Å². The topological polar surface area (TPSA) is 67.8 Å². The van der Waals surface area contributed by atoms with E-state index in [1.54, 1.807) is 13.8 Å². The van der Waals surface area contributed by atoms with Gasteiger partial charge in [0.15, 0.2) is 0 Å². The number of fused-ring (bicyclic) bond motifs is 1. The molecule has 0 aromatic heterocycles. The maximum absolute atomic E-state index is 12.5. The lowest BCUT2D eigenvalue weighted by molar-refractivity contribution is -0.223. The van der Waals surface area contributed by atoms with Crippen LogP contribution in [0.5, 0.6) is 0 Å². The van der Waals surface area contributed by atoms with Gasteiger partial charge in [0.05, 0.1) is 5.54 Å². The van der Waals surface area contributed by atoms with Crippen molar-refractivity contribution >= 4 is 5.97 Å². The Kier molecular flexibility index (Phi) is 3.43. The number of hydrogen-bond donors (Lipinski definition) is 2. The summed E-state index contributed by atoms with van der Waals surface area (Å²) in [5.74, 6) is -0.980. The van der Waals surface area contributed by atoms with Gasteiger partial charge >= 0.3 is 5.97 Å². The molecule has 0 saturated heterocycles. The minimum atomic E-state index is -1.10. The Balaban J connectivity index is 1.96. The SMILES string of the molecule is CCCNC1(C2=C(O)OC(C)(C)OC2=O)[C@@H]2CCCC[C@@H]21. The van der Waals surface area contributed by atoms with Crippen molar-refractivity contribution in [2.45, 2.75) is 64.2 Å². The molecule has 5 nitrogen and oxygen atoms in total. The Labute approximate surface area is 125 Å². The fourth-order valence-corrected chi connectivity index (χ4v) is 4.19. The van der Waals surface area contributed by atoms with Crippen LogP contribution in [0.25, 0.3) is 0 Å². The molecular formula is C16H25NO4. The van der Waals surface area contributed by atoms with Gasteiger partial charge in [-0.1, -0.05) is 19.8 Å². The highest BCUT2D eigenvalue weighted by molar-refractivity contribution is 5.93. The van der Waals surface area contributed by atoms with Gasteiger partial charge in [0.1, 0.15) is 5.57 Å². The number of nitrogens with one attached hydrogen (secondary N) is 1. The molecule has 5 heteroatoms. The molecule has 0 aromatic carbocycles. The Morgan fingerprint density at radius 3 is 2.38 bits per heavy atom. The zero-order chi connectivity index (χ0) is 15.3. The summed E-state index contributed by atoms with van der Waals surface area (Å²) >= 11 is 0. The van der Waals surface area contributed by atoms with Crippen LogP contribution in [0.4, 0.5) is 0 Å². The number of aliphatic hydroxyl groups excluding tert-OH is 1. The molecule has 0 radical (unpaired) electrons. The number of hydrogen-bond acceptors (Lipinski definition) is 5. The van der Waals surface area contributed by atoms with Crippen LogP contribution in [-0.2, 0) is 14.3 Å². The summed E-state index contributed by atoms with van der Waals surface area (Å²) in [5.41, 5.74) is -0.128. The smallest absolute Gasteiger partial charge is 0.346 e. The number of esters is 1. The van der Waals surface area contributed by atoms with Crippen molar-refractivity contribution in [3.63, 3.8) is 0 Å². The minimum Gasteiger partial charge on any atom is -0.480 e. The maximum atomic E-state index is 12.5. The molecule has 0 spiro atoms. The normalized spacial score (nSPS) is 37.6. The lowest BCUT2D eigenvalue weighted by Crippen LogP contribution is -2.47. The van der Waals surface area contributed by atoms with Crippen molar-refractivity contribution in [3.05, 3.63) is 11.5 Å². The molecular weight excluding hydrogens is 270 g/mol. The zero-order valence-corrected chi connectivity index (χ0v) is 13.1. The average molecular weight is 295 g/mol. The van der Waals surface area contributed by atoms with Crippen molar-refractivity contribution in [2.75, 3.05) is 6.54 Å². The summed E-state index contributed by atoms with van der Waals surface area (Å²) in [6, 6.07) is 0. The lowest BCUT2D eigenvalue weighted by atomic mass is 9.99. The predicted molar refractivity (Wildman–Crippen MR) is 77.4 cm³/mol. The maximum Gasteiger partial charge on any atom is 0.346 e. The summed E-state index contributed by atoms with van der Waals surface area (Å²) < 4.78 is 10.8. The molecule has 0 amide bonds. The fraction of sp³-hybridized carbons (Fsp3) is 0.812. The van der Waals surface area contributed by atoms with Gasteiger partial charge in [-0.3, -0.25) is 0 Å². The second-order valence-corrected chi connectivity index (χ2v) is 6.86. The fourth-order valence-electron chi connectivity index (χ4n) is 4.19. The van der Waals surface area contributed by atoms with Crippen molar-refractivity contribution in [1.82, 2.24) is 5.32 Å². The molecule has 0 aromatic rings. The first kappa shape index (κ1) is 14.7. The average Bonchev–Trinajstić information content (AvgIpc) is 3.03. The van der Waals surface area contributed by atoms with Gasteiger partial charge in [-0.2, -0.15) is 0 Å². The van der Waals surface area contributed by atoms with Crippen LogP contribution in [0, 0.1) is 11.8 Å². The molecule has 1 unspecified atom stereocenters. The Morgan fingerprint density at radius 1 is 1.24 bits per heavy atom. The molecule has 118 valence electrons. The quantitative estimate of drug-likeness (QED) is 0.780. The third-order valence-electron chi connectivity index (χ3n) is 5.01. The highest BCUT2D eigenvalue weighted by Crippen LogP contribution is 2.63. The van der Waals surface area contributed by atoms with Crippen LogP contribution in [0.1, 0.15) is 52.9 Å². The second-order valence-electron chi connectivity index (χ2n) is 6.86. The Morgan fingerprint density at radius 2 is 1.86 bits per heavy atom. The Bertz CT molecular complexity index is 471. The van der Waals surface area contributed by atoms with Gasteiger partial charge in [-0.25, -0.2) is 4.79 Å². The Hall–Kier alpha value is -1.23. The van der Waals surface area contributed by atoms with E-state index in [0.717, 1.165) is 25.8 Å². The molecule has 2 N–H and O–H groups in total. The van der Waals surface area contributed by atoms with Crippen LogP contribution in [-0.4, -0.2) is 28.9 Å². The molecule has 1 heterocycles. The van der Waals surface area contributed by atoms with Crippen LogP contribution < -0.4 is 5.32 Å². The van der Waals surface area contributed by atoms with E-state index in [4.69, 9.17) is 9.47 Å². The number of carbonyl (C=O) groups is 1. The summed E-state index contributed by atoms with van der Waals surface area (Å²) in [6.45, 7) is 6.17. The number of aliphatic hydroxyl groups is 1. The van der Waals surface area contributed by atoms with Gasteiger partial charge < -0.3 is 19.9 Å². The number of cyclic esters (lactones) is 1. The third kappa shape index (κ3) is 2.22. The molecule has 3 atom stereocenters. The van der Waals surface area contributed by atoms with E-state index in [2.05, 4.69) is 12.2 Å². The lowest BCUT2D eigenvalue weighted by Gasteiger charge is -2.34. The third-order valence-corrected chi connectivity index (χ3v) is 5.01. The van der Waals surface area contributed by atoms with E-state index in [1.165, 1.54) is 12.8 Å². The molecule has 3 aliphatic rings. The van der Waals surface area contributed by atoms with Crippen molar-refractivity contribution in [1.29, 1.82) is 0 Å². The van der Waals surface area contributed by atoms with Gasteiger partial charge in [-0.05, 0) is 37.6 Å². The number of carbonyl (C=O) groups excluding carboxylic acids is 1. The molecule has 21 heavy (non-hydrogen) atoms. The van der Waals surface area contributed by atoms with Crippen LogP contribution in [0.2, 0.25) is 0 Å². The molecule has 2 saturated carbocycles.